The second-order valence-electron chi connectivity index (χ2n) is 8.12. The van der Waals surface area contributed by atoms with Crippen LogP contribution in [0.2, 0.25) is 0 Å². The highest BCUT2D eigenvalue weighted by Gasteiger charge is 2.19. The van der Waals surface area contributed by atoms with Crippen molar-refractivity contribution >= 4 is 17.5 Å². The van der Waals surface area contributed by atoms with Crippen LogP contribution in [0, 0.1) is 18.6 Å². The van der Waals surface area contributed by atoms with Gasteiger partial charge in [0.15, 0.2) is 0 Å². The van der Waals surface area contributed by atoms with Gasteiger partial charge in [0.1, 0.15) is 11.6 Å². The first kappa shape index (κ1) is 24.1. The summed E-state index contributed by atoms with van der Waals surface area (Å²) in [6, 6.07) is 16.8. The second kappa shape index (κ2) is 10.8. The van der Waals surface area contributed by atoms with Crippen molar-refractivity contribution in [3.8, 4) is 0 Å². The predicted octanol–water partition coefficient (Wildman–Crippen LogP) is 4.73. The van der Waals surface area contributed by atoms with Gasteiger partial charge in [-0.3, -0.25) is 9.59 Å². The van der Waals surface area contributed by atoms with Crippen LogP contribution in [0.3, 0.4) is 0 Å². The van der Waals surface area contributed by atoms with Crippen molar-refractivity contribution in [2.24, 2.45) is 0 Å². The maximum Gasteiger partial charge on any atom is 0.258 e. The Bertz CT molecular complexity index is 1130. The molecule has 1 N–H and O–H groups in total. The quantitative estimate of drug-likeness (QED) is 0.539. The van der Waals surface area contributed by atoms with Gasteiger partial charge < -0.3 is 15.1 Å². The predicted molar refractivity (Wildman–Crippen MR) is 125 cm³/mol. The van der Waals surface area contributed by atoms with Gasteiger partial charge in [0, 0.05) is 30.9 Å². The van der Waals surface area contributed by atoms with E-state index in [1.807, 2.05) is 19.0 Å². The zero-order valence-corrected chi connectivity index (χ0v) is 18.9. The Morgan fingerprint density at radius 2 is 1.61 bits per heavy atom. The lowest BCUT2D eigenvalue weighted by molar-refractivity contribution is 0.0731. The van der Waals surface area contributed by atoms with Crippen LogP contribution in [0.25, 0.3) is 0 Å². The Labute approximate surface area is 192 Å². The molecule has 0 unspecified atom stereocenters. The maximum absolute atomic E-state index is 14.0. The van der Waals surface area contributed by atoms with Gasteiger partial charge in [-0.25, -0.2) is 8.78 Å². The Hall–Kier alpha value is -3.58. The second-order valence-corrected chi connectivity index (χ2v) is 8.12. The minimum absolute atomic E-state index is 0.0717. The third-order valence-corrected chi connectivity index (χ3v) is 5.24. The minimum atomic E-state index is -0.617. The van der Waals surface area contributed by atoms with E-state index in [2.05, 4.69) is 5.32 Å². The van der Waals surface area contributed by atoms with Crippen LogP contribution >= 0.6 is 0 Å². The van der Waals surface area contributed by atoms with Gasteiger partial charge in [-0.2, -0.15) is 0 Å². The number of nitrogens with one attached hydrogen (secondary N) is 1. The van der Waals surface area contributed by atoms with Gasteiger partial charge >= 0.3 is 0 Å². The smallest absolute Gasteiger partial charge is 0.258 e. The maximum atomic E-state index is 14.0. The Morgan fingerprint density at radius 3 is 2.27 bits per heavy atom. The van der Waals surface area contributed by atoms with Crippen LogP contribution in [-0.4, -0.2) is 48.8 Å². The standard InChI is InChI=1S/C26H27F2N3O2/c1-18-8-11-20(16-24(18)29-25(32)22-6-4-5-7-23(22)28)26(33)31(15-14-30(2)3)17-19-9-12-21(27)13-10-19/h4-13,16H,14-15,17H2,1-3H3,(H,29,32). The number of anilines is 1. The summed E-state index contributed by atoms with van der Waals surface area (Å²) in [7, 11) is 3.84. The summed E-state index contributed by atoms with van der Waals surface area (Å²) in [5.74, 6) is -1.76. The summed E-state index contributed by atoms with van der Waals surface area (Å²) in [6.07, 6.45) is 0. The molecule has 33 heavy (non-hydrogen) atoms. The molecule has 0 bridgehead atoms. The number of rotatable bonds is 8. The van der Waals surface area contributed by atoms with Gasteiger partial charge in [0.05, 0.1) is 5.56 Å². The number of hydrogen-bond donors (Lipinski definition) is 1. The van der Waals surface area contributed by atoms with Crippen LogP contribution in [-0.2, 0) is 6.54 Å². The van der Waals surface area contributed by atoms with Gasteiger partial charge in [0.25, 0.3) is 11.8 Å². The number of nitrogens with zero attached hydrogens (tertiary/aromatic N) is 2. The Morgan fingerprint density at radius 1 is 0.909 bits per heavy atom. The molecule has 5 nitrogen and oxygen atoms in total. The molecule has 172 valence electrons. The largest absolute Gasteiger partial charge is 0.333 e. The molecule has 3 aromatic rings. The molecule has 3 rings (SSSR count). The molecule has 0 radical (unpaired) electrons. The first-order valence-electron chi connectivity index (χ1n) is 10.6. The number of halogens is 2. The normalized spacial score (nSPS) is 10.8. The molecule has 0 atom stereocenters. The van der Waals surface area contributed by atoms with Gasteiger partial charge in [-0.05, 0) is 68.5 Å². The number of benzene rings is 3. The molecule has 2 amide bonds. The van der Waals surface area contributed by atoms with E-state index in [4.69, 9.17) is 0 Å². The number of hydrogen-bond acceptors (Lipinski definition) is 3. The molecule has 0 fully saturated rings. The van der Waals surface area contributed by atoms with Gasteiger partial charge in [-0.15, -0.1) is 0 Å². The molecule has 0 saturated carbocycles. The van der Waals surface area contributed by atoms with Crippen molar-refractivity contribution in [2.45, 2.75) is 13.5 Å². The lowest BCUT2D eigenvalue weighted by Crippen LogP contribution is -2.36. The fraction of sp³-hybridized carbons (Fsp3) is 0.231. The topological polar surface area (TPSA) is 52.7 Å². The van der Waals surface area contributed by atoms with Gasteiger partial charge in [0.2, 0.25) is 0 Å². The molecule has 3 aromatic carbocycles. The van der Waals surface area contributed by atoms with Crippen molar-refractivity contribution < 1.29 is 18.4 Å². The summed E-state index contributed by atoms with van der Waals surface area (Å²) >= 11 is 0. The number of carbonyl (C=O) groups is 2. The van der Waals surface area contributed by atoms with Crippen LogP contribution in [0.1, 0.15) is 31.8 Å². The first-order chi connectivity index (χ1) is 15.7. The zero-order valence-electron chi connectivity index (χ0n) is 18.9. The van der Waals surface area contributed by atoms with E-state index in [-0.39, 0.29) is 17.3 Å². The van der Waals surface area contributed by atoms with Crippen molar-refractivity contribution in [2.75, 3.05) is 32.5 Å². The Kier molecular flexibility index (Phi) is 7.90. The summed E-state index contributed by atoms with van der Waals surface area (Å²) in [5.41, 5.74) is 2.31. The van der Waals surface area contributed by atoms with E-state index in [1.54, 1.807) is 48.2 Å². The summed E-state index contributed by atoms with van der Waals surface area (Å²) in [6.45, 7) is 3.23. The van der Waals surface area contributed by atoms with E-state index in [9.17, 15) is 18.4 Å². The first-order valence-corrected chi connectivity index (χ1v) is 10.6. The number of likely N-dealkylation sites (N-methyl/N-ethyl adjacent to an activating group) is 1. The molecule has 0 spiro atoms. The van der Waals surface area contributed by atoms with Crippen LogP contribution in [0.4, 0.5) is 14.5 Å². The van der Waals surface area contributed by atoms with Crippen LogP contribution in [0.15, 0.2) is 66.7 Å². The minimum Gasteiger partial charge on any atom is -0.333 e. The van der Waals surface area contributed by atoms with Crippen LogP contribution in [0.5, 0.6) is 0 Å². The summed E-state index contributed by atoms with van der Waals surface area (Å²) < 4.78 is 27.3. The van der Waals surface area contributed by atoms with E-state index >= 15 is 0 Å². The highest BCUT2D eigenvalue weighted by Crippen LogP contribution is 2.21. The average molecular weight is 452 g/mol. The SMILES string of the molecule is Cc1ccc(C(=O)N(CCN(C)C)Cc2ccc(F)cc2)cc1NC(=O)c1ccccc1F. The van der Waals surface area contributed by atoms with E-state index in [0.717, 1.165) is 11.1 Å². The fourth-order valence-corrected chi connectivity index (χ4v) is 3.29. The molecule has 0 saturated heterocycles. The third-order valence-electron chi connectivity index (χ3n) is 5.24. The lowest BCUT2D eigenvalue weighted by atomic mass is 10.1. The molecule has 0 aliphatic rings. The number of carbonyl (C=O) groups excluding carboxylic acids is 2. The van der Waals surface area contributed by atoms with E-state index in [0.29, 0.717) is 30.9 Å². The highest BCUT2D eigenvalue weighted by molar-refractivity contribution is 6.05. The highest BCUT2D eigenvalue weighted by atomic mass is 19.1. The Balaban J connectivity index is 1.84. The number of amides is 2. The van der Waals surface area contributed by atoms with Crippen molar-refractivity contribution in [3.63, 3.8) is 0 Å². The van der Waals surface area contributed by atoms with Crippen molar-refractivity contribution in [3.05, 3.63) is 101 Å². The zero-order chi connectivity index (χ0) is 24.0. The summed E-state index contributed by atoms with van der Waals surface area (Å²) in [5, 5.41) is 2.71. The molecule has 0 heterocycles. The monoisotopic (exact) mass is 451 g/mol. The molecule has 0 aliphatic carbocycles. The average Bonchev–Trinajstić information content (AvgIpc) is 2.79. The van der Waals surface area contributed by atoms with Crippen molar-refractivity contribution in [1.29, 1.82) is 0 Å². The van der Waals surface area contributed by atoms with E-state index < -0.39 is 11.7 Å². The molecule has 0 aromatic heterocycles. The molecule has 7 heteroatoms. The third kappa shape index (κ3) is 6.46. The molecular weight excluding hydrogens is 424 g/mol. The molecular formula is C26H27F2N3O2. The van der Waals surface area contributed by atoms with Crippen molar-refractivity contribution in [1.82, 2.24) is 9.80 Å². The fourth-order valence-electron chi connectivity index (χ4n) is 3.29. The van der Waals surface area contributed by atoms with Crippen LogP contribution < -0.4 is 5.32 Å². The summed E-state index contributed by atoms with van der Waals surface area (Å²) in [4.78, 5) is 29.6. The number of aryl methyl sites for hydroxylation is 1. The van der Waals surface area contributed by atoms with E-state index in [1.165, 1.54) is 30.3 Å². The molecule has 0 aliphatic heterocycles. The van der Waals surface area contributed by atoms with Gasteiger partial charge in [-0.1, -0.05) is 30.3 Å². The lowest BCUT2D eigenvalue weighted by Gasteiger charge is -2.25.